The minimum Gasteiger partial charge on any atom is -0.272 e. The summed E-state index contributed by atoms with van der Waals surface area (Å²) in [7, 11) is 0. The summed E-state index contributed by atoms with van der Waals surface area (Å²) in [6, 6.07) is 0. The predicted octanol–water partition coefficient (Wildman–Crippen LogP) is 4.40. The maximum atomic E-state index is 14.0. The zero-order chi connectivity index (χ0) is 19.4. The van der Waals surface area contributed by atoms with Crippen LogP contribution in [-0.2, 0) is 9.59 Å². The molecule has 4 heteroatoms. The number of hydrogen-bond acceptors (Lipinski definition) is 2. The van der Waals surface area contributed by atoms with Gasteiger partial charge in [-0.25, -0.2) is 0 Å². The van der Waals surface area contributed by atoms with Crippen molar-refractivity contribution >= 4 is 11.8 Å². The van der Waals surface area contributed by atoms with Crippen LogP contribution in [0.15, 0.2) is 0 Å². The van der Waals surface area contributed by atoms with Gasteiger partial charge in [-0.05, 0) is 119 Å². The van der Waals surface area contributed by atoms with E-state index in [-0.39, 0.29) is 10.8 Å². The SMILES string of the molecule is O=C(N1CCCN1C(=O)C12CC3CC(CC(C3)C1)C2)C12CC3CC(CC(C3)C1)C2. The van der Waals surface area contributed by atoms with E-state index in [1.807, 2.05) is 10.0 Å². The fourth-order valence-corrected chi connectivity index (χ4v) is 10.3. The third-order valence-corrected chi connectivity index (χ3v) is 10.5. The standard InChI is InChI=1S/C25H36N2O2/c28-22(24-10-16-4-17(11-24)6-18(5-16)12-24)26-2-1-3-27(26)23(29)25-13-19-7-20(14-25)9-21(8-19)15-25/h16-21H,1-15H2. The Morgan fingerprint density at radius 1 is 0.517 bits per heavy atom. The number of rotatable bonds is 2. The van der Waals surface area contributed by atoms with Gasteiger partial charge >= 0.3 is 0 Å². The molecular weight excluding hydrogens is 360 g/mol. The van der Waals surface area contributed by atoms with E-state index in [0.717, 1.165) is 93.5 Å². The highest BCUT2D eigenvalue weighted by Gasteiger charge is 2.59. The molecule has 158 valence electrons. The van der Waals surface area contributed by atoms with Crippen LogP contribution in [0.1, 0.15) is 83.5 Å². The monoisotopic (exact) mass is 396 g/mol. The lowest BCUT2D eigenvalue weighted by Crippen LogP contribution is -2.61. The van der Waals surface area contributed by atoms with Crippen molar-refractivity contribution in [3.8, 4) is 0 Å². The molecule has 0 aromatic rings. The van der Waals surface area contributed by atoms with E-state index >= 15 is 0 Å². The molecule has 1 heterocycles. The topological polar surface area (TPSA) is 40.6 Å². The van der Waals surface area contributed by atoms with E-state index in [1.54, 1.807) is 0 Å². The maximum Gasteiger partial charge on any atom is 0.247 e. The van der Waals surface area contributed by atoms with E-state index in [0.29, 0.717) is 11.8 Å². The summed E-state index contributed by atoms with van der Waals surface area (Å²) in [5, 5.41) is 3.96. The molecule has 2 amide bonds. The predicted molar refractivity (Wildman–Crippen MR) is 109 cm³/mol. The zero-order valence-corrected chi connectivity index (χ0v) is 17.8. The fourth-order valence-electron chi connectivity index (χ4n) is 10.3. The largest absolute Gasteiger partial charge is 0.272 e. The Kier molecular flexibility index (Phi) is 3.52. The van der Waals surface area contributed by atoms with Gasteiger partial charge in [0.15, 0.2) is 0 Å². The molecular formula is C25H36N2O2. The molecule has 9 fully saturated rings. The van der Waals surface area contributed by atoms with Crippen LogP contribution >= 0.6 is 0 Å². The van der Waals surface area contributed by atoms with E-state index in [9.17, 15) is 9.59 Å². The molecule has 0 aromatic heterocycles. The Bertz CT molecular complexity index is 625. The molecule has 0 radical (unpaired) electrons. The van der Waals surface area contributed by atoms with Crippen molar-refractivity contribution in [3.05, 3.63) is 0 Å². The average Bonchev–Trinajstić information content (AvgIpc) is 3.14. The summed E-state index contributed by atoms with van der Waals surface area (Å²) < 4.78 is 0. The molecule has 9 rings (SSSR count). The van der Waals surface area contributed by atoms with Gasteiger partial charge in [0.1, 0.15) is 0 Å². The smallest absolute Gasteiger partial charge is 0.247 e. The molecule has 29 heavy (non-hydrogen) atoms. The first kappa shape index (κ1) is 17.6. The van der Waals surface area contributed by atoms with Crippen LogP contribution in [0.5, 0.6) is 0 Å². The summed E-state index contributed by atoms with van der Waals surface area (Å²) in [6.45, 7) is 1.55. The minimum atomic E-state index is -0.126. The van der Waals surface area contributed by atoms with Crippen LogP contribution in [0, 0.1) is 46.3 Å². The number of hydrogen-bond donors (Lipinski definition) is 0. The second kappa shape index (κ2) is 5.79. The van der Waals surface area contributed by atoms with E-state index < -0.39 is 0 Å². The van der Waals surface area contributed by atoms with Crippen molar-refractivity contribution in [3.63, 3.8) is 0 Å². The van der Waals surface area contributed by atoms with Gasteiger partial charge in [0, 0.05) is 13.1 Å². The molecule has 0 unspecified atom stereocenters. The molecule has 4 nitrogen and oxygen atoms in total. The van der Waals surface area contributed by atoms with Crippen LogP contribution in [0.4, 0.5) is 0 Å². The van der Waals surface area contributed by atoms with E-state index in [1.165, 1.54) is 38.5 Å². The van der Waals surface area contributed by atoms with Gasteiger partial charge < -0.3 is 0 Å². The highest BCUT2D eigenvalue weighted by Crippen LogP contribution is 2.62. The minimum absolute atomic E-state index is 0.126. The van der Waals surface area contributed by atoms with Gasteiger partial charge in [0.2, 0.25) is 11.8 Å². The number of carbonyl (C=O) groups is 2. The highest BCUT2D eigenvalue weighted by molar-refractivity contribution is 5.89. The Labute approximate surface area is 174 Å². The number of carbonyl (C=O) groups excluding carboxylic acids is 2. The molecule has 8 aliphatic carbocycles. The van der Waals surface area contributed by atoms with Crippen LogP contribution in [-0.4, -0.2) is 34.9 Å². The molecule has 1 saturated heterocycles. The molecule has 1 aliphatic heterocycles. The van der Waals surface area contributed by atoms with Crippen LogP contribution in [0.2, 0.25) is 0 Å². The lowest BCUT2D eigenvalue weighted by Gasteiger charge is -2.58. The van der Waals surface area contributed by atoms with E-state index in [2.05, 4.69) is 0 Å². The normalized spacial score (nSPS) is 51.9. The fraction of sp³-hybridized carbons (Fsp3) is 0.920. The Morgan fingerprint density at radius 2 is 0.793 bits per heavy atom. The molecule has 0 N–H and O–H groups in total. The Morgan fingerprint density at radius 3 is 1.07 bits per heavy atom. The van der Waals surface area contributed by atoms with Gasteiger partial charge in [-0.1, -0.05) is 0 Å². The van der Waals surface area contributed by atoms with Gasteiger partial charge in [0.05, 0.1) is 10.8 Å². The summed E-state index contributed by atoms with van der Waals surface area (Å²) in [4.78, 5) is 27.9. The lowest BCUT2D eigenvalue weighted by atomic mass is 9.49. The van der Waals surface area contributed by atoms with Gasteiger partial charge in [0.25, 0.3) is 0 Å². The third-order valence-electron chi connectivity index (χ3n) is 10.5. The van der Waals surface area contributed by atoms with Gasteiger partial charge in [-0.2, -0.15) is 0 Å². The van der Waals surface area contributed by atoms with Crippen molar-refractivity contribution < 1.29 is 9.59 Å². The Balaban J connectivity index is 1.16. The first-order valence-corrected chi connectivity index (χ1v) is 12.7. The van der Waals surface area contributed by atoms with Crippen LogP contribution < -0.4 is 0 Å². The summed E-state index contributed by atoms with van der Waals surface area (Å²) in [5.41, 5.74) is -0.252. The summed E-state index contributed by atoms with van der Waals surface area (Å²) in [5.74, 6) is 5.35. The molecule has 8 saturated carbocycles. The van der Waals surface area contributed by atoms with Crippen molar-refractivity contribution in [2.45, 2.75) is 83.5 Å². The number of hydrazine groups is 1. The van der Waals surface area contributed by atoms with Gasteiger partial charge in [-0.15, -0.1) is 0 Å². The van der Waals surface area contributed by atoms with Crippen LogP contribution in [0.3, 0.4) is 0 Å². The van der Waals surface area contributed by atoms with E-state index in [4.69, 9.17) is 0 Å². The van der Waals surface area contributed by atoms with Gasteiger partial charge in [-0.3, -0.25) is 19.6 Å². The summed E-state index contributed by atoms with van der Waals surface area (Å²) >= 11 is 0. The first-order valence-electron chi connectivity index (χ1n) is 12.7. The lowest BCUT2D eigenvalue weighted by molar-refractivity contribution is -0.186. The zero-order valence-electron chi connectivity index (χ0n) is 17.8. The van der Waals surface area contributed by atoms with Crippen molar-refractivity contribution in [2.75, 3.05) is 13.1 Å². The van der Waals surface area contributed by atoms with Crippen molar-refractivity contribution in [2.24, 2.45) is 46.3 Å². The highest BCUT2D eigenvalue weighted by atomic mass is 16.2. The second-order valence-electron chi connectivity index (χ2n) is 12.6. The van der Waals surface area contributed by atoms with Crippen molar-refractivity contribution in [1.29, 1.82) is 0 Å². The average molecular weight is 397 g/mol. The molecule has 9 aliphatic rings. The number of nitrogens with zero attached hydrogens (tertiary/aromatic N) is 2. The maximum absolute atomic E-state index is 14.0. The third kappa shape index (κ3) is 2.44. The first-order chi connectivity index (χ1) is 14.0. The second-order valence-corrected chi connectivity index (χ2v) is 12.6. The summed E-state index contributed by atoms with van der Waals surface area (Å²) in [6.07, 6.45) is 15.8. The van der Waals surface area contributed by atoms with Crippen molar-refractivity contribution in [1.82, 2.24) is 10.0 Å². The Hall–Kier alpha value is -1.06. The molecule has 8 bridgehead atoms. The van der Waals surface area contributed by atoms with Crippen LogP contribution in [0.25, 0.3) is 0 Å². The molecule has 0 aromatic carbocycles. The molecule has 0 atom stereocenters. The quantitative estimate of drug-likeness (QED) is 0.694. The number of amides is 2. The molecule has 0 spiro atoms.